The van der Waals surface area contributed by atoms with Crippen molar-refractivity contribution in [2.24, 2.45) is 0 Å². The van der Waals surface area contributed by atoms with Gasteiger partial charge in [-0.25, -0.2) is 19.9 Å². The largest absolute Gasteiger partial charge is 0.370 e. The molecule has 1 aliphatic carbocycles. The minimum Gasteiger partial charge on any atom is -0.370 e. The normalized spacial score (nSPS) is 14.3. The van der Waals surface area contributed by atoms with Gasteiger partial charge in [0.25, 0.3) is 0 Å². The van der Waals surface area contributed by atoms with Gasteiger partial charge >= 0.3 is 0 Å². The Morgan fingerprint density at radius 3 is 2.65 bits per heavy atom. The van der Waals surface area contributed by atoms with Crippen molar-refractivity contribution in [1.29, 1.82) is 0 Å². The van der Waals surface area contributed by atoms with Gasteiger partial charge in [0.15, 0.2) is 5.16 Å². The quantitative estimate of drug-likeness (QED) is 0.673. The van der Waals surface area contributed by atoms with E-state index in [1.54, 1.807) is 12.4 Å². The maximum Gasteiger partial charge on any atom is 0.193 e. The highest BCUT2D eigenvalue weighted by Gasteiger charge is 2.28. The molecule has 6 heteroatoms. The second kappa shape index (κ2) is 5.75. The van der Waals surface area contributed by atoms with Crippen LogP contribution in [0.5, 0.6) is 0 Å². The van der Waals surface area contributed by atoms with Gasteiger partial charge in [-0.3, -0.25) is 0 Å². The monoisotopic (exact) mass is 287 g/mol. The highest BCUT2D eigenvalue weighted by atomic mass is 32.2. The molecule has 104 valence electrons. The lowest BCUT2D eigenvalue weighted by molar-refractivity contribution is 0.856. The summed E-state index contributed by atoms with van der Waals surface area (Å²) in [5.41, 5.74) is 1.06. The van der Waals surface area contributed by atoms with Gasteiger partial charge in [-0.15, -0.1) is 0 Å². The summed E-state index contributed by atoms with van der Waals surface area (Å²) in [6.07, 6.45) is 5.89. The van der Waals surface area contributed by atoms with Crippen LogP contribution in [-0.2, 0) is 0 Å². The molecule has 20 heavy (non-hydrogen) atoms. The lowest BCUT2D eigenvalue weighted by Crippen LogP contribution is -2.07. The molecule has 1 fully saturated rings. The number of hydrogen-bond acceptors (Lipinski definition) is 6. The van der Waals surface area contributed by atoms with Gasteiger partial charge < -0.3 is 5.32 Å². The third kappa shape index (κ3) is 2.90. The van der Waals surface area contributed by atoms with Gasteiger partial charge in [0.05, 0.1) is 0 Å². The molecule has 2 heterocycles. The van der Waals surface area contributed by atoms with Crippen molar-refractivity contribution in [3.8, 4) is 0 Å². The van der Waals surface area contributed by atoms with E-state index in [9.17, 15) is 0 Å². The zero-order valence-electron chi connectivity index (χ0n) is 11.6. The van der Waals surface area contributed by atoms with E-state index >= 15 is 0 Å². The fraction of sp³-hybridized carbons (Fsp3) is 0.429. The van der Waals surface area contributed by atoms with E-state index in [0.29, 0.717) is 5.92 Å². The minimum atomic E-state index is 0.532. The molecule has 3 rings (SSSR count). The molecule has 2 aromatic heterocycles. The molecule has 2 aromatic rings. The van der Waals surface area contributed by atoms with Crippen LogP contribution >= 0.6 is 11.8 Å². The molecule has 5 nitrogen and oxygen atoms in total. The molecule has 0 bridgehead atoms. The van der Waals surface area contributed by atoms with Crippen LogP contribution in [0.3, 0.4) is 0 Å². The van der Waals surface area contributed by atoms with Crippen molar-refractivity contribution < 1.29 is 0 Å². The van der Waals surface area contributed by atoms with Crippen LogP contribution in [0.4, 0.5) is 5.82 Å². The van der Waals surface area contributed by atoms with E-state index in [4.69, 9.17) is 4.98 Å². The fourth-order valence-corrected chi connectivity index (χ4v) is 2.69. The van der Waals surface area contributed by atoms with Crippen LogP contribution in [0.25, 0.3) is 0 Å². The first-order chi connectivity index (χ1) is 9.78. The first-order valence-electron chi connectivity index (χ1n) is 6.85. The third-order valence-corrected chi connectivity index (χ3v) is 4.12. The highest BCUT2D eigenvalue weighted by molar-refractivity contribution is 7.99. The number of anilines is 1. The first-order valence-corrected chi connectivity index (χ1v) is 7.67. The van der Waals surface area contributed by atoms with E-state index in [1.165, 1.54) is 24.6 Å². The van der Waals surface area contributed by atoms with Crippen molar-refractivity contribution >= 4 is 17.6 Å². The summed E-state index contributed by atoms with van der Waals surface area (Å²) in [5, 5.41) is 4.99. The maximum atomic E-state index is 4.70. The summed E-state index contributed by atoms with van der Waals surface area (Å²) < 4.78 is 0. The van der Waals surface area contributed by atoms with Crippen molar-refractivity contribution in [2.45, 2.75) is 42.8 Å². The Morgan fingerprint density at radius 1 is 1.25 bits per heavy atom. The number of aromatic nitrogens is 4. The Kier molecular flexibility index (Phi) is 3.82. The fourth-order valence-electron chi connectivity index (χ4n) is 1.90. The average Bonchev–Trinajstić information content (AvgIpc) is 3.29. The summed E-state index contributed by atoms with van der Waals surface area (Å²) in [6, 6.07) is 1.82. The zero-order chi connectivity index (χ0) is 13.9. The molecule has 0 radical (unpaired) electrons. The van der Waals surface area contributed by atoms with Gasteiger partial charge in [-0.1, -0.05) is 0 Å². The summed E-state index contributed by atoms with van der Waals surface area (Å²) in [4.78, 5) is 17.9. The predicted octanol–water partition coefficient (Wildman–Crippen LogP) is 3.04. The lowest BCUT2D eigenvalue weighted by atomic mass is 10.3. The number of nitrogens with one attached hydrogen (secondary N) is 1. The van der Waals surface area contributed by atoms with Crippen LogP contribution in [0.1, 0.15) is 37.1 Å². The van der Waals surface area contributed by atoms with Gasteiger partial charge in [0.2, 0.25) is 0 Å². The Bertz CT molecular complexity index is 598. The van der Waals surface area contributed by atoms with Gasteiger partial charge in [0.1, 0.15) is 16.7 Å². The Balaban J connectivity index is 1.95. The molecule has 0 aliphatic heterocycles. The molecular formula is C14H17N5S. The molecule has 1 aliphatic rings. The second-order valence-corrected chi connectivity index (χ2v) is 5.75. The highest BCUT2D eigenvalue weighted by Crippen LogP contribution is 2.40. The molecule has 0 atom stereocenters. The van der Waals surface area contributed by atoms with Crippen LogP contribution in [-0.4, -0.2) is 26.5 Å². The minimum absolute atomic E-state index is 0.532. The Labute approximate surface area is 122 Å². The van der Waals surface area contributed by atoms with Crippen LogP contribution in [0.2, 0.25) is 0 Å². The zero-order valence-corrected chi connectivity index (χ0v) is 12.4. The van der Waals surface area contributed by atoms with E-state index in [-0.39, 0.29) is 0 Å². The molecular weight excluding hydrogens is 270 g/mol. The standard InChI is InChI=1S/C14H17N5S/c1-3-15-11-9(2)13(19-12(18-11)10-5-6-10)20-14-16-7-4-8-17-14/h4,7-8,10H,3,5-6H2,1-2H3,(H,15,18,19). The van der Waals surface area contributed by atoms with Crippen LogP contribution < -0.4 is 5.32 Å². The SMILES string of the molecule is CCNc1nc(C2CC2)nc(Sc2ncccn2)c1C. The lowest BCUT2D eigenvalue weighted by Gasteiger charge is -2.12. The molecule has 0 amide bonds. The maximum absolute atomic E-state index is 4.70. The van der Waals surface area contributed by atoms with Gasteiger partial charge in [-0.2, -0.15) is 0 Å². The van der Waals surface area contributed by atoms with Crippen molar-refractivity contribution in [1.82, 2.24) is 19.9 Å². The van der Waals surface area contributed by atoms with Gasteiger partial charge in [0, 0.05) is 30.4 Å². The molecule has 0 spiro atoms. The molecule has 0 saturated heterocycles. The smallest absolute Gasteiger partial charge is 0.193 e. The summed E-state index contributed by atoms with van der Waals surface area (Å²) in [6.45, 7) is 4.97. The van der Waals surface area contributed by atoms with Crippen LogP contribution in [0, 0.1) is 6.92 Å². The van der Waals surface area contributed by atoms with Gasteiger partial charge in [-0.05, 0) is 44.5 Å². The summed E-state index contributed by atoms with van der Waals surface area (Å²) >= 11 is 1.50. The average molecular weight is 287 g/mol. The van der Waals surface area contributed by atoms with E-state index in [0.717, 1.165) is 33.9 Å². The van der Waals surface area contributed by atoms with Crippen molar-refractivity contribution in [3.63, 3.8) is 0 Å². The van der Waals surface area contributed by atoms with Crippen molar-refractivity contribution in [2.75, 3.05) is 11.9 Å². The number of nitrogens with zero attached hydrogens (tertiary/aromatic N) is 4. The van der Waals surface area contributed by atoms with E-state index in [2.05, 4.69) is 27.2 Å². The number of rotatable bonds is 5. The van der Waals surface area contributed by atoms with Crippen molar-refractivity contribution in [3.05, 3.63) is 29.8 Å². The Morgan fingerprint density at radius 2 is 2.00 bits per heavy atom. The first kappa shape index (κ1) is 13.3. The second-order valence-electron chi connectivity index (χ2n) is 4.80. The molecule has 0 unspecified atom stereocenters. The predicted molar refractivity (Wildman–Crippen MR) is 79.1 cm³/mol. The third-order valence-electron chi connectivity index (χ3n) is 3.14. The number of hydrogen-bond donors (Lipinski definition) is 1. The molecule has 1 saturated carbocycles. The van der Waals surface area contributed by atoms with E-state index in [1.807, 2.05) is 13.0 Å². The Hall–Kier alpha value is -1.69. The molecule has 1 N–H and O–H groups in total. The summed E-state index contributed by atoms with van der Waals surface area (Å²) in [5.74, 6) is 2.41. The van der Waals surface area contributed by atoms with Crippen LogP contribution in [0.15, 0.2) is 28.6 Å². The molecule has 0 aromatic carbocycles. The topological polar surface area (TPSA) is 63.6 Å². The van der Waals surface area contributed by atoms with E-state index < -0.39 is 0 Å². The summed E-state index contributed by atoms with van der Waals surface area (Å²) in [7, 11) is 0.